The van der Waals surface area contributed by atoms with Gasteiger partial charge in [0.15, 0.2) is 18.7 Å². The molecular formula is C47H73NO14. The number of rotatable bonds is 11. The van der Waals surface area contributed by atoms with Crippen LogP contribution < -0.4 is 0 Å². The summed E-state index contributed by atoms with van der Waals surface area (Å²) in [5, 5.41) is 34.5. The van der Waals surface area contributed by atoms with Crippen molar-refractivity contribution in [2.45, 2.75) is 179 Å². The molecule has 15 nitrogen and oxygen atoms in total. The third kappa shape index (κ3) is 11.4. The smallest absolute Gasteiger partial charge is 0.338 e. The number of ketones is 1. The zero-order valence-corrected chi connectivity index (χ0v) is 38.9. The lowest BCUT2D eigenvalue weighted by Gasteiger charge is -2.50. The van der Waals surface area contributed by atoms with E-state index >= 15 is 0 Å². The van der Waals surface area contributed by atoms with Gasteiger partial charge in [0.05, 0.1) is 59.2 Å². The Morgan fingerprint density at radius 3 is 2.15 bits per heavy atom. The van der Waals surface area contributed by atoms with E-state index in [1.807, 2.05) is 32.8 Å². The molecule has 0 unspecified atom stereocenters. The van der Waals surface area contributed by atoms with Crippen LogP contribution in [0.2, 0.25) is 0 Å². The molecule has 0 aliphatic carbocycles. The van der Waals surface area contributed by atoms with E-state index in [4.69, 9.17) is 44.3 Å². The maximum Gasteiger partial charge on any atom is 0.338 e. The van der Waals surface area contributed by atoms with Crippen LogP contribution in [0.3, 0.4) is 0 Å². The molecule has 3 aliphatic heterocycles. The minimum absolute atomic E-state index is 0.0107. The quantitative estimate of drug-likeness (QED) is 0.211. The largest absolute Gasteiger partial charge is 0.459 e. The Balaban J connectivity index is 1.95. The summed E-state index contributed by atoms with van der Waals surface area (Å²) in [5.74, 6) is -3.04. The Kier molecular flexibility index (Phi) is 17.8. The molecule has 0 aromatic heterocycles. The number of benzene rings is 1. The SMILES string of the molecule is C#CCO[C@@]1(C)C[C@@H](C)C(=O)[C@@H](C)[C@@H](O)[C@](C)(O)[C@H](CC)OC(=O)[C@H](C)[C@@H](O[C@H]2C[C@@](C)(OC)[C@@H](O)[C@H](C)O2)[C@H](C)[C@H]1O[C@@H]1O[C@H](C)C[C@H](N(C)C)[C@H]1OC(=O)c1ccccc1. The highest BCUT2D eigenvalue weighted by molar-refractivity contribution is 5.89. The van der Waals surface area contributed by atoms with Crippen LogP contribution in [0.25, 0.3) is 0 Å². The molecule has 350 valence electrons. The maximum atomic E-state index is 14.5. The van der Waals surface area contributed by atoms with Gasteiger partial charge < -0.3 is 58.1 Å². The van der Waals surface area contributed by atoms with Crippen LogP contribution in [-0.4, -0.2) is 150 Å². The van der Waals surface area contributed by atoms with Gasteiger partial charge in [0.2, 0.25) is 0 Å². The number of ether oxygens (including phenoxy) is 8. The maximum absolute atomic E-state index is 14.5. The molecule has 3 aliphatic rings. The lowest BCUT2D eigenvalue weighted by atomic mass is 9.73. The first kappa shape index (κ1) is 51.6. The molecule has 0 amide bonds. The van der Waals surface area contributed by atoms with Gasteiger partial charge >= 0.3 is 11.9 Å². The molecule has 0 spiro atoms. The molecular weight excluding hydrogens is 803 g/mol. The van der Waals surface area contributed by atoms with E-state index in [2.05, 4.69) is 5.92 Å². The van der Waals surface area contributed by atoms with Crippen molar-refractivity contribution in [3.05, 3.63) is 35.9 Å². The zero-order valence-electron chi connectivity index (χ0n) is 38.9. The van der Waals surface area contributed by atoms with Gasteiger partial charge in [0.1, 0.15) is 30.2 Å². The van der Waals surface area contributed by atoms with E-state index in [1.165, 1.54) is 21.0 Å². The van der Waals surface area contributed by atoms with Crippen molar-refractivity contribution in [1.29, 1.82) is 0 Å². The number of hydrogen-bond acceptors (Lipinski definition) is 15. The third-order valence-electron chi connectivity index (χ3n) is 13.5. The number of Topliss-reactive ketones (excluding diaryl/α,β-unsaturated/α-hetero) is 1. The number of carbonyl (C=O) groups is 3. The summed E-state index contributed by atoms with van der Waals surface area (Å²) in [4.78, 5) is 44.5. The summed E-state index contributed by atoms with van der Waals surface area (Å²) < 4.78 is 51.5. The van der Waals surface area contributed by atoms with Gasteiger partial charge in [-0.1, -0.05) is 51.8 Å². The number of nitrogens with zero attached hydrogens (tertiary/aromatic N) is 1. The van der Waals surface area contributed by atoms with Gasteiger partial charge in [0.25, 0.3) is 0 Å². The predicted molar refractivity (Wildman–Crippen MR) is 228 cm³/mol. The predicted octanol–water partition coefficient (Wildman–Crippen LogP) is 4.31. The van der Waals surface area contributed by atoms with E-state index in [1.54, 1.807) is 71.9 Å². The van der Waals surface area contributed by atoms with E-state index in [-0.39, 0.29) is 43.8 Å². The fourth-order valence-electron chi connectivity index (χ4n) is 9.61. The van der Waals surface area contributed by atoms with E-state index < -0.39 is 108 Å². The summed E-state index contributed by atoms with van der Waals surface area (Å²) >= 11 is 0. The average molecular weight is 876 g/mol. The van der Waals surface area contributed by atoms with Crippen molar-refractivity contribution in [1.82, 2.24) is 4.90 Å². The number of esters is 2. The summed E-state index contributed by atoms with van der Waals surface area (Å²) in [6.07, 6.45) is -3.92. The number of aliphatic hydroxyl groups excluding tert-OH is 2. The minimum Gasteiger partial charge on any atom is -0.459 e. The summed E-state index contributed by atoms with van der Waals surface area (Å²) in [6.45, 7) is 16.6. The molecule has 3 saturated heterocycles. The van der Waals surface area contributed by atoms with Crippen LogP contribution in [0.1, 0.15) is 105 Å². The molecule has 0 radical (unpaired) electrons. The molecule has 3 heterocycles. The number of cyclic esters (lactones) is 1. The fourth-order valence-corrected chi connectivity index (χ4v) is 9.61. The second kappa shape index (κ2) is 21.3. The lowest BCUT2D eigenvalue weighted by molar-refractivity contribution is -0.319. The first-order valence-corrected chi connectivity index (χ1v) is 22.0. The molecule has 62 heavy (non-hydrogen) atoms. The zero-order chi connectivity index (χ0) is 46.5. The summed E-state index contributed by atoms with van der Waals surface area (Å²) in [5.41, 5.74) is -4.24. The van der Waals surface area contributed by atoms with Crippen molar-refractivity contribution < 1.29 is 67.6 Å². The Morgan fingerprint density at radius 1 is 0.919 bits per heavy atom. The van der Waals surface area contributed by atoms with E-state index in [0.29, 0.717) is 12.0 Å². The third-order valence-corrected chi connectivity index (χ3v) is 13.5. The fraction of sp³-hybridized carbons (Fsp3) is 0.766. The molecule has 1 aromatic carbocycles. The normalized spacial score (nSPS) is 42.7. The molecule has 15 heteroatoms. The van der Waals surface area contributed by atoms with Crippen LogP contribution in [0.5, 0.6) is 0 Å². The molecule has 3 N–H and O–H groups in total. The van der Waals surface area contributed by atoms with Crippen LogP contribution in [0.4, 0.5) is 0 Å². The van der Waals surface area contributed by atoms with E-state index in [9.17, 15) is 29.7 Å². The van der Waals surface area contributed by atoms with Crippen LogP contribution in [0.15, 0.2) is 30.3 Å². The highest BCUT2D eigenvalue weighted by Crippen LogP contribution is 2.42. The van der Waals surface area contributed by atoms with E-state index in [0.717, 1.165) is 0 Å². The standard InChI is InChI=1S/C47H73NO14/c1-15-22-56-46(10)24-26(3)36(49)28(5)39(50)47(11,54)34(16-2)59-42(52)30(7)37(60-35-25-45(9,55-14)40(51)31(8)58-35)29(6)41(46)62-44-38(33(48(12)13)23-27(4)57-44)61-43(53)32-20-18-17-19-21-32/h1,17-21,26-31,33-35,37-41,44,50-51,54H,16,22-25H2,2-14H3/t26-,27-,28-,29+,30-,31+,33+,34+,35+,37+,38-,39-,40+,41-,44+,45-,46+,47-/m1/s1. The Bertz CT molecular complexity index is 1690. The first-order valence-electron chi connectivity index (χ1n) is 22.0. The molecule has 0 bridgehead atoms. The lowest BCUT2D eigenvalue weighted by Crippen LogP contribution is -2.62. The van der Waals surface area contributed by atoms with Gasteiger partial charge in [-0.25, -0.2) is 4.79 Å². The minimum atomic E-state index is -2.03. The Labute approximate surface area is 368 Å². The summed E-state index contributed by atoms with van der Waals surface area (Å²) in [6, 6.07) is 8.21. The first-order chi connectivity index (χ1) is 29.0. The molecule has 1 aromatic rings. The topological polar surface area (TPSA) is 189 Å². The number of likely N-dealkylation sites (N-methyl/N-ethyl adjacent to an activating group) is 1. The number of methoxy groups -OCH3 is 1. The average Bonchev–Trinajstić information content (AvgIpc) is 3.23. The number of terminal acetylenes is 1. The van der Waals surface area contributed by atoms with Crippen molar-refractivity contribution in [2.75, 3.05) is 27.8 Å². The number of carbonyl (C=O) groups excluding carboxylic acids is 3. The Hall–Kier alpha value is -3.01. The van der Waals surface area contributed by atoms with Crippen molar-refractivity contribution in [3.63, 3.8) is 0 Å². The van der Waals surface area contributed by atoms with Crippen molar-refractivity contribution in [2.24, 2.45) is 23.7 Å². The van der Waals surface area contributed by atoms with Gasteiger partial charge in [-0.2, -0.15) is 0 Å². The summed E-state index contributed by atoms with van der Waals surface area (Å²) in [7, 11) is 5.25. The van der Waals surface area contributed by atoms with Gasteiger partial charge in [0, 0.05) is 31.3 Å². The van der Waals surface area contributed by atoms with Gasteiger partial charge in [-0.05, 0) is 87.0 Å². The molecule has 0 saturated carbocycles. The number of aliphatic hydroxyl groups is 3. The second-order valence-corrected chi connectivity index (χ2v) is 18.7. The van der Waals surface area contributed by atoms with Gasteiger partial charge in [-0.3, -0.25) is 9.59 Å². The monoisotopic (exact) mass is 876 g/mol. The van der Waals surface area contributed by atoms with Crippen molar-refractivity contribution >= 4 is 17.7 Å². The molecule has 3 fully saturated rings. The highest BCUT2D eigenvalue weighted by Gasteiger charge is 2.55. The van der Waals surface area contributed by atoms with Gasteiger partial charge in [-0.15, -0.1) is 6.42 Å². The van der Waals surface area contributed by atoms with Crippen LogP contribution in [-0.2, 0) is 47.5 Å². The second-order valence-electron chi connectivity index (χ2n) is 18.7. The van der Waals surface area contributed by atoms with Crippen molar-refractivity contribution in [3.8, 4) is 12.3 Å². The van der Waals surface area contributed by atoms with Crippen LogP contribution in [0, 0.1) is 36.0 Å². The highest BCUT2D eigenvalue weighted by atomic mass is 16.7. The molecule has 18 atom stereocenters. The number of hydrogen-bond donors (Lipinski definition) is 3. The van der Waals surface area contributed by atoms with Crippen LogP contribution >= 0.6 is 0 Å². The Morgan fingerprint density at radius 2 is 1.56 bits per heavy atom. The molecule has 4 rings (SSSR count).